The van der Waals surface area contributed by atoms with Gasteiger partial charge in [-0.3, -0.25) is 0 Å². The molecular formula is C27H38LiNO3. The topological polar surface area (TPSA) is 73.2 Å². The number of nitrogens with zero attached hydrogens (tertiary/aromatic N) is 1. The van der Waals surface area contributed by atoms with Crippen molar-refractivity contribution >= 4 is 16.9 Å². The number of carbonyl (C=O) groups is 1. The van der Waals surface area contributed by atoms with E-state index in [2.05, 4.69) is 23.2 Å². The van der Waals surface area contributed by atoms with Crippen molar-refractivity contribution in [1.29, 1.82) is 0 Å². The van der Waals surface area contributed by atoms with E-state index in [0.29, 0.717) is 5.52 Å². The molecule has 0 bridgehead atoms. The Morgan fingerprint density at radius 1 is 0.812 bits per heavy atom. The van der Waals surface area contributed by atoms with Crippen LogP contribution in [-0.2, 0) is 11.2 Å². The normalized spacial score (nSPS) is 11.1. The van der Waals surface area contributed by atoms with Crippen LogP contribution in [0.3, 0.4) is 0 Å². The van der Waals surface area contributed by atoms with Crippen molar-refractivity contribution in [1.82, 2.24) is 4.98 Å². The summed E-state index contributed by atoms with van der Waals surface area (Å²) in [6.07, 6.45) is 20.9. The van der Waals surface area contributed by atoms with E-state index in [1.807, 2.05) is 18.2 Å². The first-order chi connectivity index (χ1) is 15.2. The number of carboxylic acid groups (broad SMARTS) is 1. The van der Waals surface area contributed by atoms with E-state index in [1.54, 1.807) is 6.07 Å². The molecule has 0 radical (unpaired) electrons. The average molecular weight is 432 g/mol. The minimum Gasteiger partial charge on any atom is -0.550 e. The molecule has 2 aromatic rings. The second-order valence-corrected chi connectivity index (χ2v) is 8.46. The number of carbonyl (C=O) groups excluding carboxylic acids is 1. The van der Waals surface area contributed by atoms with Crippen molar-refractivity contribution in [3.63, 3.8) is 0 Å². The van der Waals surface area contributed by atoms with Crippen molar-refractivity contribution in [3.05, 3.63) is 48.2 Å². The Labute approximate surface area is 205 Å². The van der Waals surface area contributed by atoms with Gasteiger partial charge in [0.2, 0.25) is 0 Å². The summed E-state index contributed by atoms with van der Waals surface area (Å²) in [6, 6.07) is 9.65. The summed E-state index contributed by atoms with van der Waals surface area (Å²) >= 11 is 0. The van der Waals surface area contributed by atoms with Crippen molar-refractivity contribution in [2.75, 3.05) is 0 Å². The minimum absolute atomic E-state index is 0. The maximum Gasteiger partial charge on any atom is 1.00 e. The molecule has 0 unspecified atom stereocenters. The summed E-state index contributed by atoms with van der Waals surface area (Å²) in [7, 11) is 0. The van der Waals surface area contributed by atoms with Gasteiger partial charge in [-0.2, -0.15) is 0 Å². The molecule has 170 valence electrons. The Balaban J connectivity index is 0.00000512. The number of unbranched alkanes of at least 4 members (excludes halogenated alkanes) is 11. The van der Waals surface area contributed by atoms with Crippen LogP contribution >= 0.6 is 0 Å². The van der Waals surface area contributed by atoms with E-state index >= 15 is 0 Å². The van der Waals surface area contributed by atoms with Crippen molar-refractivity contribution in [2.45, 2.75) is 96.3 Å². The molecule has 0 aliphatic carbocycles. The van der Waals surface area contributed by atoms with Crippen LogP contribution in [0.15, 0.2) is 42.5 Å². The van der Waals surface area contributed by atoms with Gasteiger partial charge in [0.05, 0.1) is 0 Å². The number of fused-ring (bicyclic) bond motifs is 1. The number of phenols is 1. The number of rotatable bonds is 17. The summed E-state index contributed by atoms with van der Waals surface area (Å²) < 4.78 is 0. The Hall–Kier alpha value is -1.76. The molecule has 0 fully saturated rings. The molecular weight excluding hydrogens is 393 g/mol. The summed E-state index contributed by atoms with van der Waals surface area (Å²) in [5.74, 6) is -0.664. The molecule has 0 aliphatic heterocycles. The Morgan fingerprint density at radius 3 is 2.06 bits per heavy atom. The molecule has 1 aromatic carbocycles. The Morgan fingerprint density at radius 2 is 1.41 bits per heavy atom. The fourth-order valence-corrected chi connectivity index (χ4v) is 3.88. The summed E-state index contributed by atoms with van der Waals surface area (Å²) in [5, 5.41) is 21.2. The van der Waals surface area contributed by atoms with E-state index in [1.165, 1.54) is 51.4 Å². The first-order valence-corrected chi connectivity index (χ1v) is 12.1. The van der Waals surface area contributed by atoms with Gasteiger partial charge in [0, 0.05) is 17.0 Å². The number of hydrogen-bond donors (Lipinski definition) is 1. The monoisotopic (exact) mass is 431 g/mol. The van der Waals surface area contributed by atoms with E-state index in [0.717, 1.165) is 49.6 Å². The second kappa shape index (κ2) is 17.8. The predicted molar refractivity (Wildman–Crippen MR) is 126 cm³/mol. The van der Waals surface area contributed by atoms with Gasteiger partial charge >= 0.3 is 18.9 Å². The van der Waals surface area contributed by atoms with Crippen LogP contribution in [0.5, 0.6) is 5.75 Å². The van der Waals surface area contributed by atoms with Gasteiger partial charge in [-0.15, -0.1) is 0 Å². The maximum atomic E-state index is 10.3. The number of aryl methyl sites for hydroxylation is 1. The molecule has 0 atom stereocenters. The van der Waals surface area contributed by atoms with Crippen LogP contribution in [0.1, 0.15) is 95.6 Å². The number of aromatic nitrogens is 1. The number of carboxylic acids is 1. The van der Waals surface area contributed by atoms with E-state index in [9.17, 15) is 15.0 Å². The third kappa shape index (κ3) is 12.3. The number of benzene rings is 1. The third-order valence-electron chi connectivity index (χ3n) is 5.73. The number of aliphatic carboxylic acids is 1. The standard InChI is InChI=1S/C27H39NO3.Li/c29-25-19-16-17-23-21-22-24(28-27(23)25)18-14-12-10-8-6-4-2-1-3-5-7-9-11-13-15-20-26(30)31;/h1,3,16-17,19,21-22,29H,2,4-15,18,20H2,(H,30,31);/q;+1/p-1/b3-1-;. The van der Waals surface area contributed by atoms with Gasteiger partial charge in [-0.05, 0) is 63.5 Å². The fraction of sp³-hybridized carbons (Fsp3) is 0.556. The SMILES string of the molecule is O=C([O-])CCCCCCC/C=C\CCCCCCCCc1ccc2cccc(O)c2n1.[Li+]. The van der Waals surface area contributed by atoms with Crippen LogP contribution in [0.2, 0.25) is 0 Å². The van der Waals surface area contributed by atoms with Crippen LogP contribution < -0.4 is 24.0 Å². The number of para-hydroxylation sites is 1. The molecule has 5 heteroatoms. The average Bonchev–Trinajstić information content (AvgIpc) is 2.76. The molecule has 2 rings (SSSR count). The molecule has 32 heavy (non-hydrogen) atoms. The molecule has 1 N–H and O–H groups in total. The van der Waals surface area contributed by atoms with Crippen LogP contribution in [0.4, 0.5) is 0 Å². The molecule has 0 spiro atoms. The molecule has 1 heterocycles. The smallest absolute Gasteiger partial charge is 0.550 e. The van der Waals surface area contributed by atoms with Gasteiger partial charge < -0.3 is 15.0 Å². The molecule has 0 aliphatic rings. The van der Waals surface area contributed by atoms with Crippen LogP contribution in [0, 0.1) is 0 Å². The number of hydrogen-bond acceptors (Lipinski definition) is 4. The van der Waals surface area contributed by atoms with Crippen LogP contribution in [0.25, 0.3) is 10.9 Å². The summed E-state index contributed by atoms with van der Waals surface area (Å²) in [4.78, 5) is 14.9. The molecule has 1 aromatic heterocycles. The second-order valence-electron chi connectivity index (χ2n) is 8.46. The van der Waals surface area contributed by atoms with E-state index < -0.39 is 5.97 Å². The summed E-state index contributed by atoms with van der Waals surface area (Å²) in [5.41, 5.74) is 1.78. The Kier molecular flexibility index (Phi) is 15.7. The zero-order valence-corrected chi connectivity index (χ0v) is 19.9. The number of allylic oxidation sites excluding steroid dienone is 2. The number of aromatic hydroxyl groups is 1. The Bertz CT molecular complexity index is 807. The summed E-state index contributed by atoms with van der Waals surface area (Å²) in [6.45, 7) is 0. The zero-order valence-electron chi connectivity index (χ0n) is 19.9. The van der Waals surface area contributed by atoms with Gasteiger partial charge in [0.1, 0.15) is 11.3 Å². The van der Waals surface area contributed by atoms with Gasteiger partial charge in [0.15, 0.2) is 0 Å². The van der Waals surface area contributed by atoms with Gasteiger partial charge in [-0.25, -0.2) is 4.98 Å². The maximum absolute atomic E-state index is 10.3. The molecule has 0 saturated heterocycles. The van der Waals surface area contributed by atoms with Gasteiger partial charge in [0.25, 0.3) is 0 Å². The van der Waals surface area contributed by atoms with Crippen molar-refractivity contribution < 1.29 is 33.9 Å². The largest absolute Gasteiger partial charge is 1.00 e. The van der Waals surface area contributed by atoms with Gasteiger partial charge in [-0.1, -0.05) is 75.3 Å². The van der Waals surface area contributed by atoms with Crippen molar-refractivity contribution in [3.8, 4) is 5.75 Å². The molecule has 0 saturated carbocycles. The third-order valence-corrected chi connectivity index (χ3v) is 5.73. The molecule has 0 amide bonds. The van der Waals surface area contributed by atoms with E-state index in [4.69, 9.17) is 0 Å². The fourth-order valence-electron chi connectivity index (χ4n) is 3.88. The zero-order chi connectivity index (χ0) is 22.2. The first kappa shape index (κ1) is 28.3. The minimum atomic E-state index is -0.928. The molecule has 4 nitrogen and oxygen atoms in total. The van der Waals surface area contributed by atoms with E-state index in [-0.39, 0.29) is 31.0 Å². The predicted octanol–water partition coefficient (Wildman–Crippen LogP) is 3.25. The van der Waals surface area contributed by atoms with Crippen LogP contribution in [-0.4, -0.2) is 16.1 Å². The first-order valence-electron chi connectivity index (χ1n) is 12.1. The number of phenolic OH excluding ortho intramolecular Hbond substituents is 1. The quantitative estimate of drug-likeness (QED) is 0.237. The van der Waals surface area contributed by atoms with Crippen molar-refractivity contribution in [2.24, 2.45) is 0 Å². The number of pyridine rings is 1.